The highest BCUT2D eigenvalue weighted by Gasteiger charge is 2.40. The molecule has 1 aromatic rings. The quantitative estimate of drug-likeness (QED) is 0.637. The molecule has 23 heavy (non-hydrogen) atoms. The Morgan fingerprint density at radius 3 is 2.78 bits per heavy atom. The van der Waals surface area contributed by atoms with Gasteiger partial charge in [0.2, 0.25) is 11.6 Å². The first kappa shape index (κ1) is 15.9. The van der Waals surface area contributed by atoms with Crippen LogP contribution in [0.25, 0.3) is 0 Å². The van der Waals surface area contributed by atoms with Gasteiger partial charge in [0, 0.05) is 19.0 Å². The van der Waals surface area contributed by atoms with Crippen molar-refractivity contribution in [2.75, 3.05) is 0 Å². The fraction of sp³-hybridized carbons (Fsp3) is 0.500. The molecule has 0 amide bonds. The average Bonchev–Trinajstić information content (AvgIpc) is 3.18. The predicted molar refractivity (Wildman–Crippen MR) is 82.2 cm³/mol. The molecule has 1 N–H and O–H groups in total. The van der Waals surface area contributed by atoms with E-state index in [0.29, 0.717) is 4.60 Å². The van der Waals surface area contributed by atoms with E-state index in [1.54, 1.807) is 0 Å². The lowest BCUT2D eigenvalue weighted by Gasteiger charge is -2.16. The van der Waals surface area contributed by atoms with Crippen molar-refractivity contribution in [3.8, 4) is 0 Å². The fourth-order valence-corrected chi connectivity index (χ4v) is 3.24. The molecule has 1 fully saturated rings. The van der Waals surface area contributed by atoms with E-state index < -0.39 is 12.1 Å². The maximum absolute atomic E-state index is 11.9. The minimum atomic E-state index is -0.705. The lowest BCUT2D eigenvalue weighted by atomic mass is 10.00. The molecule has 0 aromatic carbocycles. The Balaban J connectivity index is 1.86. The zero-order valence-electron chi connectivity index (χ0n) is 12.4. The van der Waals surface area contributed by atoms with Crippen LogP contribution in [0.4, 0.5) is 5.95 Å². The highest BCUT2D eigenvalue weighted by molar-refractivity contribution is 9.10. The number of nitrogens with zero attached hydrogens (tertiary/aromatic N) is 4. The van der Waals surface area contributed by atoms with Crippen LogP contribution in [0, 0.1) is 5.92 Å². The molecule has 0 radical (unpaired) electrons. The second kappa shape index (κ2) is 6.23. The summed E-state index contributed by atoms with van der Waals surface area (Å²) in [4.78, 5) is 27.4. The Kier molecular flexibility index (Phi) is 4.29. The number of azo groups is 1. The number of carbonyl (C=O) groups excluding carboxylic acids is 2. The zero-order chi connectivity index (χ0) is 16.6. The summed E-state index contributed by atoms with van der Waals surface area (Å²) >= 11 is 3.14. The van der Waals surface area contributed by atoms with Crippen LogP contribution in [0.2, 0.25) is 0 Å². The topological polar surface area (TPSA) is 106 Å². The Morgan fingerprint density at radius 2 is 2.13 bits per heavy atom. The first-order valence-corrected chi connectivity index (χ1v) is 8.08. The van der Waals surface area contributed by atoms with Crippen LogP contribution in [-0.2, 0) is 9.53 Å². The summed E-state index contributed by atoms with van der Waals surface area (Å²) in [7, 11) is 0. The Hall–Kier alpha value is -2.03. The molecule has 2 aliphatic rings. The van der Waals surface area contributed by atoms with Crippen LogP contribution < -0.4 is 0 Å². The summed E-state index contributed by atoms with van der Waals surface area (Å²) < 4.78 is 6.82. The SMILES string of the molecule is CC(=O)n1cc(Br)nc1N=NC1=C(O)C(C2CCCC2)OC1=O. The van der Waals surface area contributed by atoms with E-state index in [4.69, 9.17) is 4.74 Å². The number of imidazole rings is 1. The molecule has 1 aromatic heterocycles. The van der Waals surface area contributed by atoms with Gasteiger partial charge in [0.1, 0.15) is 4.60 Å². The van der Waals surface area contributed by atoms with E-state index in [9.17, 15) is 14.7 Å². The first-order chi connectivity index (χ1) is 11.0. The Labute approximate surface area is 140 Å². The van der Waals surface area contributed by atoms with E-state index in [1.807, 2.05) is 0 Å². The third kappa shape index (κ3) is 3.05. The molecule has 2 heterocycles. The molecule has 3 rings (SSSR count). The maximum atomic E-state index is 11.9. The van der Waals surface area contributed by atoms with Gasteiger partial charge in [-0.25, -0.2) is 9.78 Å². The molecule has 8 nitrogen and oxygen atoms in total. The molecule has 9 heteroatoms. The van der Waals surface area contributed by atoms with Crippen molar-refractivity contribution in [3.05, 3.63) is 22.3 Å². The highest BCUT2D eigenvalue weighted by Crippen LogP contribution is 2.36. The normalized spacial score (nSPS) is 22.3. The van der Waals surface area contributed by atoms with Crippen LogP contribution in [0.3, 0.4) is 0 Å². The van der Waals surface area contributed by atoms with Crippen molar-refractivity contribution >= 4 is 33.8 Å². The third-order valence-electron chi connectivity index (χ3n) is 4.00. The van der Waals surface area contributed by atoms with Crippen LogP contribution in [0.15, 0.2) is 32.5 Å². The molecular formula is C14H15BrN4O4. The van der Waals surface area contributed by atoms with Crippen LogP contribution >= 0.6 is 15.9 Å². The number of ether oxygens (including phenoxy) is 1. The average molecular weight is 383 g/mol. The minimum absolute atomic E-state index is 0.0155. The standard InChI is InChI=1S/C14H15BrN4O4/c1-7(20)19-6-9(15)16-14(19)18-17-10-11(21)12(23-13(10)22)8-4-2-3-5-8/h6,8,12,21H,2-5H2,1H3. The number of hydrogen-bond donors (Lipinski definition) is 1. The van der Waals surface area contributed by atoms with Gasteiger partial charge >= 0.3 is 5.97 Å². The van der Waals surface area contributed by atoms with Crippen molar-refractivity contribution in [3.63, 3.8) is 0 Å². The summed E-state index contributed by atoms with van der Waals surface area (Å²) in [6.07, 6.45) is 4.75. The number of hydrogen-bond acceptors (Lipinski definition) is 7. The second-order valence-electron chi connectivity index (χ2n) is 5.56. The number of aliphatic hydroxyl groups is 1. The largest absolute Gasteiger partial charge is 0.506 e. The molecule has 1 saturated carbocycles. The van der Waals surface area contributed by atoms with Gasteiger partial charge in [-0.05, 0) is 28.8 Å². The number of cyclic esters (lactones) is 1. The van der Waals surface area contributed by atoms with Crippen molar-refractivity contribution in [1.29, 1.82) is 0 Å². The Morgan fingerprint density at radius 1 is 1.43 bits per heavy atom. The van der Waals surface area contributed by atoms with E-state index in [1.165, 1.54) is 17.7 Å². The summed E-state index contributed by atoms with van der Waals surface area (Å²) in [5.41, 5.74) is -0.226. The molecule has 1 unspecified atom stereocenters. The van der Waals surface area contributed by atoms with E-state index in [-0.39, 0.29) is 29.2 Å². The molecule has 1 aliphatic carbocycles. The van der Waals surface area contributed by atoms with Gasteiger partial charge < -0.3 is 9.84 Å². The number of esters is 1. The third-order valence-corrected chi connectivity index (χ3v) is 4.39. The van der Waals surface area contributed by atoms with Gasteiger partial charge in [0.15, 0.2) is 11.9 Å². The number of carbonyl (C=O) groups is 2. The minimum Gasteiger partial charge on any atom is -0.506 e. The molecular weight excluding hydrogens is 368 g/mol. The van der Waals surface area contributed by atoms with Gasteiger partial charge in [0.05, 0.1) is 0 Å². The number of rotatable bonds is 3. The van der Waals surface area contributed by atoms with Crippen molar-refractivity contribution in [2.24, 2.45) is 16.1 Å². The zero-order valence-corrected chi connectivity index (χ0v) is 14.0. The lowest BCUT2D eigenvalue weighted by molar-refractivity contribution is -0.142. The molecule has 1 atom stereocenters. The first-order valence-electron chi connectivity index (χ1n) is 7.29. The summed E-state index contributed by atoms with van der Waals surface area (Å²) in [6.45, 7) is 1.35. The lowest BCUT2D eigenvalue weighted by Crippen LogP contribution is -2.21. The fourth-order valence-electron chi connectivity index (χ4n) is 2.88. The van der Waals surface area contributed by atoms with Gasteiger partial charge in [-0.15, -0.1) is 10.2 Å². The van der Waals surface area contributed by atoms with Gasteiger partial charge in [0.25, 0.3) is 5.95 Å². The van der Waals surface area contributed by atoms with Crippen molar-refractivity contribution in [1.82, 2.24) is 9.55 Å². The van der Waals surface area contributed by atoms with Crippen LogP contribution in [0.1, 0.15) is 37.4 Å². The molecule has 0 saturated heterocycles. The van der Waals surface area contributed by atoms with E-state index in [0.717, 1.165) is 25.7 Å². The highest BCUT2D eigenvalue weighted by atomic mass is 79.9. The van der Waals surface area contributed by atoms with Crippen LogP contribution in [0.5, 0.6) is 0 Å². The molecule has 122 valence electrons. The van der Waals surface area contributed by atoms with Crippen molar-refractivity contribution < 1.29 is 19.4 Å². The number of halogens is 1. The van der Waals surface area contributed by atoms with Gasteiger partial charge in [-0.1, -0.05) is 12.8 Å². The Bertz CT molecular complexity index is 718. The summed E-state index contributed by atoms with van der Waals surface area (Å²) in [6, 6.07) is 0. The number of aliphatic hydroxyl groups excluding tert-OH is 1. The van der Waals surface area contributed by atoms with Gasteiger partial charge in [-0.2, -0.15) is 0 Å². The molecule has 0 spiro atoms. The van der Waals surface area contributed by atoms with Crippen LogP contribution in [-0.4, -0.2) is 32.6 Å². The van der Waals surface area contributed by atoms with E-state index in [2.05, 4.69) is 31.1 Å². The summed E-state index contributed by atoms with van der Waals surface area (Å²) in [5.74, 6) is -1.05. The van der Waals surface area contributed by atoms with E-state index >= 15 is 0 Å². The van der Waals surface area contributed by atoms with Crippen molar-refractivity contribution in [2.45, 2.75) is 38.7 Å². The number of aromatic nitrogens is 2. The smallest absolute Gasteiger partial charge is 0.363 e. The maximum Gasteiger partial charge on any atom is 0.363 e. The summed E-state index contributed by atoms with van der Waals surface area (Å²) in [5, 5.41) is 17.8. The predicted octanol–water partition coefficient (Wildman–Crippen LogP) is 3.27. The van der Waals surface area contributed by atoms with Gasteiger partial charge in [-0.3, -0.25) is 9.36 Å². The monoisotopic (exact) mass is 382 g/mol. The molecule has 1 aliphatic heterocycles. The molecule has 0 bridgehead atoms. The second-order valence-corrected chi connectivity index (χ2v) is 6.37.